The summed E-state index contributed by atoms with van der Waals surface area (Å²) in [6.07, 6.45) is 0. The first-order valence-corrected chi connectivity index (χ1v) is 5.80. The average Bonchev–Trinajstić information content (AvgIpc) is 2.87. The van der Waals surface area contributed by atoms with Gasteiger partial charge < -0.3 is 10.4 Å². The number of nitrogens with one attached hydrogen (secondary N) is 2. The number of nitro groups is 1. The summed E-state index contributed by atoms with van der Waals surface area (Å²) in [5.41, 5.74) is -0.615. The van der Waals surface area contributed by atoms with E-state index in [4.69, 9.17) is 16.7 Å². The molecule has 1 heterocycles. The number of hydrogen-bond acceptors (Lipinski definition) is 5. The van der Waals surface area contributed by atoms with Crippen LogP contribution in [0.1, 0.15) is 20.8 Å². The number of carboxylic acids is 1. The molecule has 0 aliphatic heterocycles. The summed E-state index contributed by atoms with van der Waals surface area (Å²) >= 11 is 5.64. The van der Waals surface area contributed by atoms with Gasteiger partial charge in [-0.3, -0.25) is 20.0 Å². The first kappa shape index (κ1) is 14.5. The Morgan fingerprint density at radius 1 is 1.38 bits per heavy atom. The Balaban J connectivity index is 2.22. The lowest BCUT2D eigenvalue weighted by Gasteiger charge is -2.02. The molecule has 0 saturated carbocycles. The van der Waals surface area contributed by atoms with Gasteiger partial charge in [0.05, 0.1) is 4.92 Å². The van der Waals surface area contributed by atoms with Crippen LogP contribution in [0, 0.1) is 10.1 Å². The van der Waals surface area contributed by atoms with E-state index in [1.165, 1.54) is 12.1 Å². The van der Waals surface area contributed by atoms with Crippen LogP contribution in [0.15, 0.2) is 24.3 Å². The van der Waals surface area contributed by atoms with E-state index < -0.39 is 22.5 Å². The summed E-state index contributed by atoms with van der Waals surface area (Å²) in [6, 6.07) is 4.66. The van der Waals surface area contributed by atoms with Crippen molar-refractivity contribution in [3.63, 3.8) is 0 Å². The van der Waals surface area contributed by atoms with E-state index in [1.807, 2.05) is 0 Å². The van der Waals surface area contributed by atoms with E-state index in [0.29, 0.717) is 0 Å². The topological polar surface area (TPSA) is 138 Å². The van der Waals surface area contributed by atoms with Crippen molar-refractivity contribution in [1.82, 2.24) is 10.2 Å². The minimum absolute atomic E-state index is 0.00836. The number of amides is 1. The smallest absolute Gasteiger partial charge is 0.353 e. The number of nitrogens with zero attached hydrogens (tertiary/aromatic N) is 2. The van der Waals surface area contributed by atoms with Gasteiger partial charge in [-0.15, -0.1) is 0 Å². The van der Waals surface area contributed by atoms with Gasteiger partial charge in [0, 0.05) is 17.7 Å². The van der Waals surface area contributed by atoms with E-state index in [-0.39, 0.29) is 22.1 Å². The van der Waals surface area contributed by atoms with Crippen molar-refractivity contribution in [1.29, 1.82) is 0 Å². The molecular weight excluding hydrogens is 304 g/mol. The molecule has 0 unspecified atom stereocenters. The molecular formula is C11H7ClN4O5. The van der Waals surface area contributed by atoms with E-state index in [0.717, 1.165) is 12.1 Å². The van der Waals surface area contributed by atoms with Crippen LogP contribution in [0.4, 0.5) is 11.5 Å². The van der Waals surface area contributed by atoms with Crippen LogP contribution in [-0.4, -0.2) is 32.1 Å². The van der Waals surface area contributed by atoms with Crippen LogP contribution in [0.25, 0.3) is 0 Å². The molecule has 1 aromatic carbocycles. The number of rotatable bonds is 4. The lowest BCUT2D eigenvalue weighted by Crippen LogP contribution is -2.12. The third-order valence-electron chi connectivity index (χ3n) is 2.45. The highest BCUT2D eigenvalue weighted by Crippen LogP contribution is 2.25. The Kier molecular flexibility index (Phi) is 3.85. The highest BCUT2D eigenvalue weighted by molar-refractivity contribution is 6.32. The number of benzene rings is 1. The molecule has 0 bridgehead atoms. The second-order valence-corrected chi connectivity index (χ2v) is 4.26. The summed E-state index contributed by atoms with van der Waals surface area (Å²) in [5, 5.41) is 27.4. The molecule has 0 spiro atoms. The molecule has 1 amide bonds. The summed E-state index contributed by atoms with van der Waals surface area (Å²) < 4.78 is 0. The number of aromatic amines is 1. The van der Waals surface area contributed by atoms with Crippen LogP contribution in [0.5, 0.6) is 0 Å². The second-order valence-electron chi connectivity index (χ2n) is 3.85. The maximum atomic E-state index is 11.9. The molecule has 21 heavy (non-hydrogen) atoms. The lowest BCUT2D eigenvalue weighted by molar-refractivity contribution is -0.384. The molecule has 1 aromatic heterocycles. The zero-order chi connectivity index (χ0) is 15.6. The van der Waals surface area contributed by atoms with E-state index in [1.54, 1.807) is 0 Å². The monoisotopic (exact) mass is 310 g/mol. The fourth-order valence-electron chi connectivity index (χ4n) is 1.48. The molecule has 10 heteroatoms. The van der Waals surface area contributed by atoms with Crippen molar-refractivity contribution in [3.05, 3.63) is 50.7 Å². The summed E-state index contributed by atoms with van der Waals surface area (Å²) in [5.74, 6) is -1.93. The van der Waals surface area contributed by atoms with Crippen molar-refractivity contribution in [3.8, 4) is 0 Å². The molecule has 0 aliphatic rings. The SMILES string of the molecule is O=C(Nc1cc(C(=O)O)[nH]n1)c1ccc(Cl)c([N+](=O)[O-])c1. The van der Waals surface area contributed by atoms with Gasteiger partial charge in [0.1, 0.15) is 10.7 Å². The van der Waals surface area contributed by atoms with E-state index in [9.17, 15) is 19.7 Å². The molecule has 0 aliphatic carbocycles. The number of nitro benzene ring substituents is 1. The summed E-state index contributed by atoms with van der Waals surface area (Å²) in [7, 11) is 0. The molecule has 2 aromatic rings. The van der Waals surface area contributed by atoms with Gasteiger partial charge in [0.25, 0.3) is 11.6 Å². The minimum atomic E-state index is -1.23. The maximum absolute atomic E-state index is 11.9. The fourth-order valence-corrected chi connectivity index (χ4v) is 1.66. The molecule has 9 nitrogen and oxygen atoms in total. The van der Waals surface area contributed by atoms with Crippen molar-refractivity contribution in [2.24, 2.45) is 0 Å². The van der Waals surface area contributed by atoms with Gasteiger partial charge >= 0.3 is 5.97 Å². The quantitative estimate of drug-likeness (QED) is 0.582. The van der Waals surface area contributed by atoms with Crippen molar-refractivity contribution >= 4 is 35.0 Å². The van der Waals surface area contributed by atoms with Gasteiger partial charge in [0.2, 0.25) is 0 Å². The van der Waals surface area contributed by atoms with Gasteiger partial charge in [-0.25, -0.2) is 4.79 Å². The largest absolute Gasteiger partial charge is 0.477 e. The molecule has 0 saturated heterocycles. The number of aromatic carboxylic acids is 1. The third kappa shape index (κ3) is 3.15. The van der Waals surface area contributed by atoms with Crippen LogP contribution in [0.3, 0.4) is 0 Å². The van der Waals surface area contributed by atoms with Crippen molar-refractivity contribution in [2.45, 2.75) is 0 Å². The Labute approximate surface area is 121 Å². The number of anilines is 1. The molecule has 2 rings (SSSR count). The molecule has 0 atom stereocenters. The maximum Gasteiger partial charge on any atom is 0.353 e. The van der Waals surface area contributed by atoms with Crippen molar-refractivity contribution < 1.29 is 19.6 Å². The van der Waals surface area contributed by atoms with Gasteiger partial charge in [-0.05, 0) is 12.1 Å². The van der Waals surface area contributed by atoms with Crippen LogP contribution in [0.2, 0.25) is 5.02 Å². The van der Waals surface area contributed by atoms with Gasteiger partial charge in [-0.1, -0.05) is 11.6 Å². The Hall–Kier alpha value is -2.94. The highest BCUT2D eigenvalue weighted by atomic mass is 35.5. The standard InChI is InChI=1S/C11H7ClN4O5/c12-6-2-1-5(3-8(6)16(20)21)10(17)13-9-4-7(11(18)19)14-15-9/h1-4H,(H,18,19)(H2,13,14,15,17). The molecule has 0 fully saturated rings. The van der Waals surface area contributed by atoms with E-state index >= 15 is 0 Å². The van der Waals surface area contributed by atoms with Crippen LogP contribution < -0.4 is 5.32 Å². The number of carbonyl (C=O) groups excluding carboxylic acids is 1. The van der Waals surface area contributed by atoms with Crippen LogP contribution >= 0.6 is 11.6 Å². The number of aromatic nitrogens is 2. The molecule has 3 N–H and O–H groups in total. The van der Waals surface area contributed by atoms with E-state index in [2.05, 4.69) is 15.5 Å². The predicted octanol–water partition coefficient (Wildman–Crippen LogP) is 1.92. The number of carbonyl (C=O) groups is 2. The number of carboxylic acid groups (broad SMARTS) is 1. The zero-order valence-corrected chi connectivity index (χ0v) is 10.9. The predicted molar refractivity (Wildman–Crippen MR) is 71.6 cm³/mol. The highest BCUT2D eigenvalue weighted by Gasteiger charge is 2.17. The Morgan fingerprint density at radius 2 is 2.10 bits per heavy atom. The van der Waals surface area contributed by atoms with Crippen molar-refractivity contribution in [2.75, 3.05) is 5.32 Å². The first-order chi connectivity index (χ1) is 9.88. The lowest BCUT2D eigenvalue weighted by atomic mass is 10.2. The molecule has 108 valence electrons. The van der Waals surface area contributed by atoms with Crippen LogP contribution in [-0.2, 0) is 0 Å². The Bertz CT molecular complexity index is 742. The number of halogens is 1. The third-order valence-corrected chi connectivity index (χ3v) is 2.77. The Morgan fingerprint density at radius 3 is 2.67 bits per heavy atom. The van der Waals surface area contributed by atoms with Gasteiger partial charge in [0.15, 0.2) is 5.82 Å². The first-order valence-electron chi connectivity index (χ1n) is 5.42. The zero-order valence-electron chi connectivity index (χ0n) is 10.2. The van der Waals surface area contributed by atoms with Gasteiger partial charge in [-0.2, -0.15) is 5.10 Å². The average molecular weight is 311 g/mol. The number of hydrogen-bond donors (Lipinski definition) is 3. The molecule has 0 radical (unpaired) electrons. The summed E-state index contributed by atoms with van der Waals surface area (Å²) in [6.45, 7) is 0. The summed E-state index contributed by atoms with van der Waals surface area (Å²) in [4.78, 5) is 32.6. The normalized spacial score (nSPS) is 10.1. The number of H-pyrrole nitrogens is 1. The second kappa shape index (κ2) is 5.59. The minimum Gasteiger partial charge on any atom is -0.477 e. The fraction of sp³-hybridized carbons (Fsp3) is 0.